The SMILES string of the molecule is CCOC(=O)C1CCN(c2ccc(OC)nn2)CC1. The maximum atomic E-state index is 11.6. The molecule has 1 saturated heterocycles. The fourth-order valence-electron chi connectivity index (χ4n) is 2.19. The van der Waals surface area contributed by atoms with E-state index in [1.807, 2.05) is 13.0 Å². The van der Waals surface area contributed by atoms with Gasteiger partial charge in [0.05, 0.1) is 19.6 Å². The Morgan fingerprint density at radius 1 is 1.37 bits per heavy atom. The zero-order chi connectivity index (χ0) is 13.7. The maximum Gasteiger partial charge on any atom is 0.309 e. The minimum Gasteiger partial charge on any atom is -0.480 e. The number of carbonyl (C=O) groups is 1. The van der Waals surface area contributed by atoms with E-state index in [-0.39, 0.29) is 11.9 Å². The van der Waals surface area contributed by atoms with Crippen LogP contribution in [0.2, 0.25) is 0 Å². The van der Waals surface area contributed by atoms with Crippen LogP contribution in [0.15, 0.2) is 12.1 Å². The first-order valence-corrected chi connectivity index (χ1v) is 6.54. The predicted molar refractivity (Wildman–Crippen MR) is 70.2 cm³/mol. The Labute approximate surface area is 112 Å². The molecule has 0 aliphatic carbocycles. The third kappa shape index (κ3) is 3.33. The van der Waals surface area contributed by atoms with E-state index in [1.165, 1.54) is 0 Å². The van der Waals surface area contributed by atoms with E-state index in [1.54, 1.807) is 13.2 Å². The van der Waals surface area contributed by atoms with Crippen molar-refractivity contribution in [2.75, 3.05) is 31.7 Å². The summed E-state index contributed by atoms with van der Waals surface area (Å²) in [6.07, 6.45) is 1.60. The number of hydrogen-bond acceptors (Lipinski definition) is 6. The molecule has 1 fully saturated rings. The summed E-state index contributed by atoms with van der Waals surface area (Å²) in [4.78, 5) is 13.8. The Morgan fingerprint density at radius 2 is 2.11 bits per heavy atom. The summed E-state index contributed by atoms with van der Waals surface area (Å²) in [5.41, 5.74) is 0. The monoisotopic (exact) mass is 265 g/mol. The molecular weight excluding hydrogens is 246 g/mol. The highest BCUT2D eigenvalue weighted by Gasteiger charge is 2.26. The Bertz CT molecular complexity index is 414. The standard InChI is InChI=1S/C13H19N3O3/c1-3-19-13(17)10-6-8-16(9-7-10)11-4-5-12(18-2)15-14-11/h4-5,10H,3,6-9H2,1-2H3. The van der Waals surface area contributed by atoms with Crippen molar-refractivity contribution in [3.8, 4) is 5.88 Å². The first-order valence-electron chi connectivity index (χ1n) is 6.54. The van der Waals surface area contributed by atoms with Gasteiger partial charge in [-0.05, 0) is 25.8 Å². The van der Waals surface area contributed by atoms with Crippen LogP contribution < -0.4 is 9.64 Å². The van der Waals surface area contributed by atoms with Crippen LogP contribution in [0, 0.1) is 5.92 Å². The smallest absolute Gasteiger partial charge is 0.309 e. The van der Waals surface area contributed by atoms with Crippen molar-refractivity contribution in [2.45, 2.75) is 19.8 Å². The summed E-state index contributed by atoms with van der Waals surface area (Å²) in [6.45, 7) is 3.87. The third-order valence-electron chi connectivity index (χ3n) is 3.27. The third-order valence-corrected chi connectivity index (χ3v) is 3.27. The van der Waals surface area contributed by atoms with Crippen LogP contribution >= 0.6 is 0 Å². The lowest BCUT2D eigenvalue weighted by molar-refractivity contribution is -0.148. The van der Waals surface area contributed by atoms with Gasteiger partial charge in [-0.1, -0.05) is 0 Å². The summed E-state index contributed by atoms with van der Waals surface area (Å²) in [6, 6.07) is 3.68. The average molecular weight is 265 g/mol. The number of methoxy groups -OCH3 is 1. The molecule has 0 radical (unpaired) electrons. The summed E-state index contributed by atoms with van der Waals surface area (Å²) < 4.78 is 10.0. The van der Waals surface area contributed by atoms with E-state index >= 15 is 0 Å². The molecule has 6 nitrogen and oxygen atoms in total. The first kappa shape index (κ1) is 13.6. The van der Waals surface area contributed by atoms with Crippen molar-refractivity contribution in [3.63, 3.8) is 0 Å². The lowest BCUT2D eigenvalue weighted by Gasteiger charge is -2.31. The molecule has 0 saturated carbocycles. The van der Waals surface area contributed by atoms with Gasteiger partial charge >= 0.3 is 5.97 Å². The lowest BCUT2D eigenvalue weighted by atomic mass is 9.97. The summed E-state index contributed by atoms with van der Waals surface area (Å²) >= 11 is 0. The minimum atomic E-state index is -0.0806. The molecule has 0 amide bonds. The van der Waals surface area contributed by atoms with Crippen LogP contribution in [0.1, 0.15) is 19.8 Å². The second-order valence-corrected chi connectivity index (χ2v) is 4.45. The van der Waals surface area contributed by atoms with Gasteiger partial charge in [-0.15, -0.1) is 10.2 Å². The van der Waals surface area contributed by atoms with Gasteiger partial charge in [-0.25, -0.2) is 0 Å². The molecule has 19 heavy (non-hydrogen) atoms. The molecule has 1 aromatic rings. The van der Waals surface area contributed by atoms with Crippen LogP contribution in [0.25, 0.3) is 0 Å². The van der Waals surface area contributed by atoms with Crippen LogP contribution in [-0.2, 0) is 9.53 Å². The van der Waals surface area contributed by atoms with Gasteiger partial charge in [-0.2, -0.15) is 0 Å². The van der Waals surface area contributed by atoms with Crippen molar-refractivity contribution < 1.29 is 14.3 Å². The van der Waals surface area contributed by atoms with Gasteiger partial charge in [0.25, 0.3) is 0 Å². The lowest BCUT2D eigenvalue weighted by Crippen LogP contribution is -2.37. The van der Waals surface area contributed by atoms with Crippen molar-refractivity contribution >= 4 is 11.8 Å². The number of piperidine rings is 1. The Kier molecular flexibility index (Phi) is 4.54. The molecular formula is C13H19N3O3. The number of rotatable bonds is 4. The predicted octanol–water partition coefficient (Wildman–Crippen LogP) is 1.26. The second-order valence-electron chi connectivity index (χ2n) is 4.45. The number of nitrogens with zero attached hydrogens (tertiary/aromatic N) is 3. The fraction of sp³-hybridized carbons (Fsp3) is 0.615. The van der Waals surface area contributed by atoms with E-state index < -0.39 is 0 Å². The molecule has 1 aromatic heterocycles. The van der Waals surface area contributed by atoms with E-state index in [0.29, 0.717) is 12.5 Å². The fourth-order valence-corrected chi connectivity index (χ4v) is 2.19. The van der Waals surface area contributed by atoms with E-state index in [4.69, 9.17) is 9.47 Å². The van der Waals surface area contributed by atoms with Gasteiger partial charge in [0.2, 0.25) is 5.88 Å². The zero-order valence-corrected chi connectivity index (χ0v) is 11.3. The highest BCUT2D eigenvalue weighted by atomic mass is 16.5. The van der Waals surface area contributed by atoms with E-state index in [0.717, 1.165) is 31.7 Å². The van der Waals surface area contributed by atoms with Gasteiger partial charge in [0.1, 0.15) is 0 Å². The molecule has 0 N–H and O–H groups in total. The number of esters is 1. The van der Waals surface area contributed by atoms with Crippen molar-refractivity contribution in [2.24, 2.45) is 5.92 Å². The molecule has 1 aliphatic heterocycles. The average Bonchev–Trinajstić information content (AvgIpc) is 2.48. The van der Waals surface area contributed by atoms with Gasteiger partial charge < -0.3 is 14.4 Å². The molecule has 0 bridgehead atoms. The van der Waals surface area contributed by atoms with Crippen LogP contribution in [-0.4, -0.2) is 43.0 Å². The number of aromatic nitrogens is 2. The summed E-state index contributed by atoms with van der Waals surface area (Å²) in [5.74, 6) is 1.26. The van der Waals surface area contributed by atoms with Crippen molar-refractivity contribution in [3.05, 3.63) is 12.1 Å². The Hall–Kier alpha value is -1.85. The molecule has 2 rings (SSSR count). The van der Waals surface area contributed by atoms with Gasteiger partial charge in [0, 0.05) is 19.2 Å². The molecule has 0 atom stereocenters. The van der Waals surface area contributed by atoms with Gasteiger partial charge in [0.15, 0.2) is 5.82 Å². The Balaban J connectivity index is 1.90. The number of carbonyl (C=O) groups excluding carboxylic acids is 1. The maximum absolute atomic E-state index is 11.6. The molecule has 0 spiro atoms. The van der Waals surface area contributed by atoms with E-state index in [2.05, 4.69) is 15.1 Å². The minimum absolute atomic E-state index is 0.0161. The zero-order valence-electron chi connectivity index (χ0n) is 11.3. The highest BCUT2D eigenvalue weighted by Crippen LogP contribution is 2.23. The van der Waals surface area contributed by atoms with Gasteiger partial charge in [-0.3, -0.25) is 4.79 Å². The molecule has 104 valence electrons. The highest BCUT2D eigenvalue weighted by molar-refractivity contribution is 5.72. The quantitative estimate of drug-likeness (QED) is 0.764. The summed E-state index contributed by atoms with van der Waals surface area (Å²) in [7, 11) is 1.56. The normalized spacial score (nSPS) is 16.2. The van der Waals surface area contributed by atoms with Crippen molar-refractivity contribution in [1.82, 2.24) is 10.2 Å². The second kappa shape index (κ2) is 6.36. The number of hydrogen-bond donors (Lipinski definition) is 0. The first-order chi connectivity index (χ1) is 9.24. The van der Waals surface area contributed by atoms with Crippen LogP contribution in [0.3, 0.4) is 0 Å². The van der Waals surface area contributed by atoms with Crippen LogP contribution in [0.5, 0.6) is 5.88 Å². The van der Waals surface area contributed by atoms with E-state index in [9.17, 15) is 4.79 Å². The largest absolute Gasteiger partial charge is 0.480 e. The molecule has 0 unspecified atom stereocenters. The number of anilines is 1. The molecule has 1 aliphatic rings. The Morgan fingerprint density at radius 3 is 2.63 bits per heavy atom. The topological polar surface area (TPSA) is 64.5 Å². The summed E-state index contributed by atoms with van der Waals surface area (Å²) in [5, 5.41) is 8.06. The van der Waals surface area contributed by atoms with Crippen molar-refractivity contribution in [1.29, 1.82) is 0 Å². The number of ether oxygens (including phenoxy) is 2. The molecule has 2 heterocycles. The van der Waals surface area contributed by atoms with Crippen LogP contribution in [0.4, 0.5) is 5.82 Å². The molecule has 0 aromatic carbocycles. The molecule has 6 heteroatoms.